The van der Waals surface area contributed by atoms with E-state index < -0.39 is 23.4 Å². The number of nitriles is 1. The fourth-order valence-electron chi connectivity index (χ4n) is 3.64. The number of carbonyl (C=O) groups excluding carboxylic acids is 3. The van der Waals surface area contributed by atoms with Crippen LogP contribution in [0.4, 0.5) is 5.69 Å². The van der Waals surface area contributed by atoms with Gasteiger partial charge in [0.15, 0.2) is 0 Å². The number of hydrogen-bond acceptors (Lipinski definition) is 6. The Balaban J connectivity index is 2.13. The smallest absolute Gasteiger partial charge is 0.340 e. The summed E-state index contributed by atoms with van der Waals surface area (Å²) in [5.41, 5.74) is 2.42. The van der Waals surface area contributed by atoms with Crippen molar-refractivity contribution in [3.8, 4) is 6.07 Å². The van der Waals surface area contributed by atoms with Crippen molar-refractivity contribution in [1.29, 1.82) is 5.26 Å². The normalized spacial score (nSPS) is 21.7. The van der Waals surface area contributed by atoms with Crippen molar-refractivity contribution in [2.75, 3.05) is 25.6 Å². The van der Waals surface area contributed by atoms with E-state index in [0.717, 1.165) is 21.8 Å². The molecule has 0 bridgehead atoms. The maximum Gasteiger partial charge on any atom is 0.340 e. The summed E-state index contributed by atoms with van der Waals surface area (Å²) in [5, 5.41) is 9.43. The summed E-state index contributed by atoms with van der Waals surface area (Å²) in [7, 11) is 3.21. The van der Waals surface area contributed by atoms with Gasteiger partial charge in [0.1, 0.15) is 11.6 Å². The van der Waals surface area contributed by atoms with Crippen molar-refractivity contribution in [3.05, 3.63) is 64.4 Å². The van der Waals surface area contributed by atoms with Crippen molar-refractivity contribution >= 4 is 23.5 Å². The van der Waals surface area contributed by atoms with Crippen LogP contribution in [-0.4, -0.2) is 43.4 Å². The number of esters is 1. The van der Waals surface area contributed by atoms with Gasteiger partial charge in [-0.3, -0.25) is 14.5 Å². The number of benzene rings is 1. The Kier molecular flexibility index (Phi) is 5.37. The van der Waals surface area contributed by atoms with Gasteiger partial charge in [-0.05, 0) is 30.7 Å². The Bertz CT molecular complexity index is 1010. The van der Waals surface area contributed by atoms with Crippen molar-refractivity contribution in [3.63, 3.8) is 0 Å². The number of para-hydroxylation sites is 1. The molecule has 7 nitrogen and oxygen atoms in total. The Morgan fingerprint density at radius 1 is 1.17 bits per heavy atom. The highest BCUT2D eigenvalue weighted by molar-refractivity contribution is 6.24. The summed E-state index contributed by atoms with van der Waals surface area (Å²) in [6, 6.07) is 9.72. The number of carbonyl (C=O) groups is 3. The predicted octanol–water partition coefficient (Wildman–Crippen LogP) is 2.43. The molecule has 0 fully saturated rings. The number of likely N-dealkylation sites (N-methyl/N-ethyl adjacent to an activating group) is 2. The summed E-state index contributed by atoms with van der Waals surface area (Å²) in [6.45, 7) is 3.72. The van der Waals surface area contributed by atoms with E-state index in [0.29, 0.717) is 0 Å². The number of fused-ring (bicyclic) bond motifs is 1. The van der Waals surface area contributed by atoms with Gasteiger partial charge in [0, 0.05) is 31.4 Å². The fraction of sp³-hybridized carbons (Fsp3) is 0.273. The number of nitrogens with zero attached hydrogens (tertiary/aromatic N) is 3. The molecule has 148 valence electrons. The van der Waals surface area contributed by atoms with E-state index in [1.165, 1.54) is 13.1 Å². The van der Waals surface area contributed by atoms with Crippen molar-refractivity contribution in [1.82, 2.24) is 4.90 Å². The lowest BCUT2D eigenvalue weighted by Gasteiger charge is -2.24. The minimum atomic E-state index is -0.861. The highest BCUT2D eigenvalue weighted by Gasteiger charge is 2.39. The van der Waals surface area contributed by atoms with Crippen LogP contribution in [0.3, 0.4) is 0 Å². The van der Waals surface area contributed by atoms with E-state index in [1.807, 2.05) is 43.1 Å². The maximum atomic E-state index is 12.7. The largest absolute Gasteiger partial charge is 0.462 e. The lowest BCUT2D eigenvalue weighted by Crippen LogP contribution is -2.41. The molecule has 3 rings (SSSR count). The van der Waals surface area contributed by atoms with Gasteiger partial charge in [-0.2, -0.15) is 5.26 Å². The van der Waals surface area contributed by atoms with Crippen LogP contribution < -0.4 is 4.90 Å². The average Bonchev–Trinajstić information content (AvgIpc) is 2.96. The van der Waals surface area contributed by atoms with Gasteiger partial charge >= 0.3 is 5.97 Å². The average molecular weight is 391 g/mol. The summed E-state index contributed by atoms with van der Waals surface area (Å²) >= 11 is 0. The number of allylic oxidation sites excluding steroid dienone is 3. The van der Waals surface area contributed by atoms with Crippen LogP contribution in [-0.2, 0) is 19.1 Å². The molecule has 0 saturated carbocycles. The van der Waals surface area contributed by atoms with Crippen LogP contribution in [0.5, 0.6) is 0 Å². The second-order valence-corrected chi connectivity index (χ2v) is 6.76. The summed E-state index contributed by atoms with van der Waals surface area (Å²) < 4.78 is 5.00. The van der Waals surface area contributed by atoms with Crippen molar-refractivity contribution in [2.45, 2.75) is 19.8 Å². The standard InChI is InChI=1S/C22H21N3O4/c1-5-29-22(28)19-15(20(26)25(4)21(27)16(19)12-23)10-11-17-13(2)14-8-6-7-9-18(14)24(17)3/h6-11,13H,5H2,1-4H3/b15-10+,17-11-. The van der Waals surface area contributed by atoms with E-state index in [4.69, 9.17) is 4.74 Å². The van der Waals surface area contributed by atoms with Crippen LogP contribution in [0.1, 0.15) is 25.3 Å². The van der Waals surface area contributed by atoms with Crippen LogP contribution >= 0.6 is 0 Å². The monoisotopic (exact) mass is 391 g/mol. The molecule has 2 heterocycles. The molecule has 2 aliphatic rings. The van der Waals surface area contributed by atoms with E-state index in [9.17, 15) is 19.6 Å². The van der Waals surface area contributed by atoms with Gasteiger partial charge in [0.05, 0.1) is 17.8 Å². The van der Waals surface area contributed by atoms with E-state index in [2.05, 4.69) is 0 Å². The number of hydrogen-bond donors (Lipinski definition) is 0. The SMILES string of the molecule is CCOC(=O)C1=C(C#N)C(=O)N(C)C(=O)/C1=C/C=C1/C(C)c2ccccc2N1C. The third-order valence-corrected chi connectivity index (χ3v) is 5.18. The second kappa shape index (κ2) is 7.76. The Morgan fingerprint density at radius 3 is 2.48 bits per heavy atom. The molecule has 1 unspecified atom stereocenters. The highest BCUT2D eigenvalue weighted by Crippen LogP contribution is 2.42. The van der Waals surface area contributed by atoms with Crippen LogP contribution in [0.2, 0.25) is 0 Å². The molecule has 0 saturated heterocycles. The second-order valence-electron chi connectivity index (χ2n) is 6.76. The van der Waals surface area contributed by atoms with Crippen LogP contribution in [0, 0.1) is 11.3 Å². The molecule has 7 heteroatoms. The first-order valence-corrected chi connectivity index (χ1v) is 9.22. The number of rotatable bonds is 3. The number of anilines is 1. The van der Waals surface area contributed by atoms with Gasteiger partial charge in [-0.25, -0.2) is 4.79 Å². The first-order valence-electron chi connectivity index (χ1n) is 9.22. The first-order chi connectivity index (χ1) is 13.8. The third-order valence-electron chi connectivity index (χ3n) is 5.18. The van der Waals surface area contributed by atoms with E-state index >= 15 is 0 Å². The molecule has 0 radical (unpaired) electrons. The van der Waals surface area contributed by atoms with Crippen molar-refractivity contribution < 1.29 is 19.1 Å². The quantitative estimate of drug-likeness (QED) is 0.447. The maximum absolute atomic E-state index is 12.7. The zero-order valence-corrected chi connectivity index (χ0v) is 16.7. The Morgan fingerprint density at radius 2 is 1.86 bits per heavy atom. The van der Waals surface area contributed by atoms with Crippen LogP contribution in [0.15, 0.2) is 58.8 Å². The third kappa shape index (κ3) is 3.23. The Labute approximate surface area is 169 Å². The van der Waals surface area contributed by atoms with Gasteiger partial charge in [-0.1, -0.05) is 25.1 Å². The van der Waals surface area contributed by atoms with E-state index in [-0.39, 0.29) is 23.7 Å². The molecule has 0 aliphatic carbocycles. The zero-order chi connectivity index (χ0) is 21.3. The van der Waals surface area contributed by atoms with Gasteiger partial charge in [-0.15, -0.1) is 0 Å². The fourth-order valence-corrected chi connectivity index (χ4v) is 3.64. The molecule has 0 N–H and O–H groups in total. The number of ether oxygens (including phenoxy) is 1. The van der Waals surface area contributed by atoms with Gasteiger partial charge in [0.2, 0.25) is 0 Å². The molecule has 1 atom stereocenters. The molecule has 2 aliphatic heterocycles. The van der Waals surface area contributed by atoms with Crippen LogP contribution in [0.25, 0.3) is 0 Å². The molecule has 2 amide bonds. The minimum Gasteiger partial charge on any atom is -0.462 e. The number of imide groups is 1. The van der Waals surface area contributed by atoms with Crippen molar-refractivity contribution in [2.24, 2.45) is 0 Å². The summed E-state index contributed by atoms with van der Waals surface area (Å²) in [6.07, 6.45) is 3.23. The molecule has 29 heavy (non-hydrogen) atoms. The minimum absolute atomic E-state index is 0.0360. The lowest BCUT2D eigenvalue weighted by molar-refractivity contribution is -0.143. The zero-order valence-electron chi connectivity index (χ0n) is 16.7. The molecular formula is C22H21N3O4. The first kappa shape index (κ1) is 20.1. The summed E-state index contributed by atoms with van der Waals surface area (Å²) in [5.74, 6) is -2.25. The molecule has 0 spiro atoms. The highest BCUT2D eigenvalue weighted by atomic mass is 16.5. The topological polar surface area (TPSA) is 90.7 Å². The van der Waals surface area contributed by atoms with Gasteiger partial charge < -0.3 is 9.64 Å². The molecule has 0 aromatic heterocycles. The molecular weight excluding hydrogens is 370 g/mol. The Hall–Kier alpha value is -3.66. The predicted molar refractivity (Wildman–Crippen MR) is 106 cm³/mol. The summed E-state index contributed by atoms with van der Waals surface area (Å²) in [4.78, 5) is 40.4. The van der Waals surface area contributed by atoms with Gasteiger partial charge in [0.25, 0.3) is 11.8 Å². The molecule has 1 aromatic rings. The lowest BCUT2D eigenvalue weighted by atomic mass is 9.93. The molecule has 1 aromatic carbocycles. The van der Waals surface area contributed by atoms with E-state index in [1.54, 1.807) is 19.1 Å². The number of amides is 2.